The molecule has 0 radical (unpaired) electrons. The molecule has 0 aromatic heterocycles. The van der Waals surface area contributed by atoms with Crippen molar-refractivity contribution in [3.05, 3.63) is 42.5 Å². The molecule has 0 aliphatic rings. The summed E-state index contributed by atoms with van der Waals surface area (Å²) in [5.41, 5.74) is 0.679. The molecule has 0 saturated carbocycles. The molecule has 0 aliphatic heterocycles. The number of benzene rings is 1. The smallest absolute Gasteiger partial charge is 0.331 e. The van der Waals surface area contributed by atoms with E-state index < -0.39 is 5.97 Å². The van der Waals surface area contributed by atoms with E-state index in [4.69, 9.17) is 9.47 Å². The number of carbonyl (C=O) groups excluding carboxylic acids is 1. The monoisotopic (exact) mass is 234 g/mol. The summed E-state index contributed by atoms with van der Waals surface area (Å²) in [7, 11) is 1.47. The van der Waals surface area contributed by atoms with Crippen LogP contribution in [0.15, 0.2) is 36.9 Å². The van der Waals surface area contributed by atoms with Gasteiger partial charge in [0.15, 0.2) is 11.5 Å². The lowest BCUT2D eigenvalue weighted by molar-refractivity contribution is -0.136. The molecule has 0 fully saturated rings. The molecule has 4 nitrogen and oxygen atoms in total. The van der Waals surface area contributed by atoms with E-state index in [1.165, 1.54) is 25.3 Å². The normalized spacial score (nSPS) is 10.2. The fourth-order valence-corrected chi connectivity index (χ4v) is 1.16. The molecule has 4 heteroatoms. The molecule has 0 spiro atoms. The van der Waals surface area contributed by atoms with Crippen LogP contribution >= 0.6 is 0 Å². The molecule has 0 amide bonds. The number of hydrogen-bond acceptors (Lipinski definition) is 4. The third-order valence-corrected chi connectivity index (χ3v) is 1.96. The molecule has 0 atom stereocenters. The minimum atomic E-state index is -0.458. The van der Waals surface area contributed by atoms with Crippen molar-refractivity contribution in [1.29, 1.82) is 0 Å². The number of rotatable bonds is 5. The van der Waals surface area contributed by atoms with Gasteiger partial charge in [0, 0.05) is 6.08 Å². The van der Waals surface area contributed by atoms with Gasteiger partial charge in [0.25, 0.3) is 0 Å². The second kappa shape index (κ2) is 6.37. The van der Waals surface area contributed by atoms with Gasteiger partial charge in [-0.1, -0.05) is 18.7 Å². The molecule has 17 heavy (non-hydrogen) atoms. The van der Waals surface area contributed by atoms with Crippen LogP contribution in [0.1, 0.15) is 5.56 Å². The maximum absolute atomic E-state index is 11.1. The Morgan fingerprint density at radius 1 is 1.53 bits per heavy atom. The number of phenols is 1. The Morgan fingerprint density at radius 3 is 2.88 bits per heavy atom. The first-order valence-electron chi connectivity index (χ1n) is 5.00. The largest absolute Gasteiger partial charge is 0.504 e. The van der Waals surface area contributed by atoms with Crippen LogP contribution in [0.3, 0.4) is 0 Å². The molecule has 0 bridgehead atoms. The zero-order valence-corrected chi connectivity index (χ0v) is 9.55. The van der Waals surface area contributed by atoms with Crippen LogP contribution < -0.4 is 4.74 Å². The lowest BCUT2D eigenvalue weighted by atomic mass is 10.2. The average Bonchev–Trinajstić information content (AvgIpc) is 2.34. The molecular weight excluding hydrogens is 220 g/mol. The minimum absolute atomic E-state index is 0.0223. The highest BCUT2D eigenvalue weighted by Crippen LogP contribution is 2.26. The Labute approximate surface area is 99.8 Å². The second-order valence-corrected chi connectivity index (χ2v) is 3.18. The van der Waals surface area contributed by atoms with E-state index >= 15 is 0 Å². The lowest BCUT2D eigenvalue weighted by Gasteiger charge is -2.03. The van der Waals surface area contributed by atoms with Crippen LogP contribution in [0, 0.1) is 0 Å². The zero-order valence-electron chi connectivity index (χ0n) is 9.55. The molecule has 90 valence electrons. The first kappa shape index (κ1) is 12.8. The number of phenolic OH excluding ortho intramolecular Hbond substituents is 1. The number of aromatic hydroxyl groups is 1. The Balaban J connectivity index is 2.68. The Kier molecular flexibility index (Phi) is 4.81. The topological polar surface area (TPSA) is 55.8 Å². The standard InChI is InChI=1S/C13H14O4/c1-3-8-17-13(15)7-5-10-4-6-12(16-2)11(14)9-10/h3-7,9,14H,1,8H2,2H3/b7-5+. The third kappa shape index (κ3) is 4.03. The molecule has 1 aromatic carbocycles. The van der Waals surface area contributed by atoms with Crippen molar-refractivity contribution in [2.24, 2.45) is 0 Å². The van der Waals surface area contributed by atoms with Crippen molar-refractivity contribution in [1.82, 2.24) is 0 Å². The Morgan fingerprint density at radius 2 is 2.29 bits per heavy atom. The van der Waals surface area contributed by atoms with Gasteiger partial charge >= 0.3 is 5.97 Å². The highest BCUT2D eigenvalue weighted by atomic mass is 16.5. The van der Waals surface area contributed by atoms with E-state index in [0.717, 1.165) is 0 Å². The van der Waals surface area contributed by atoms with Gasteiger partial charge in [0.2, 0.25) is 0 Å². The van der Waals surface area contributed by atoms with E-state index in [2.05, 4.69) is 6.58 Å². The molecule has 0 unspecified atom stereocenters. The molecule has 0 heterocycles. The minimum Gasteiger partial charge on any atom is -0.504 e. The lowest BCUT2D eigenvalue weighted by Crippen LogP contribution is -1.99. The molecule has 1 N–H and O–H groups in total. The summed E-state index contributed by atoms with van der Waals surface area (Å²) in [6.45, 7) is 3.61. The van der Waals surface area contributed by atoms with Gasteiger partial charge in [-0.3, -0.25) is 0 Å². The predicted molar refractivity (Wildman–Crippen MR) is 64.8 cm³/mol. The third-order valence-electron chi connectivity index (χ3n) is 1.96. The summed E-state index contributed by atoms with van der Waals surface area (Å²) >= 11 is 0. The highest BCUT2D eigenvalue weighted by Gasteiger charge is 2.01. The summed E-state index contributed by atoms with van der Waals surface area (Å²) in [6.07, 6.45) is 4.32. The highest BCUT2D eigenvalue weighted by molar-refractivity contribution is 5.87. The summed E-state index contributed by atoms with van der Waals surface area (Å²) in [5, 5.41) is 9.51. The van der Waals surface area contributed by atoms with Gasteiger partial charge in [-0.25, -0.2) is 4.79 Å². The van der Waals surface area contributed by atoms with E-state index in [-0.39, 0.29) is 12.4 Å². The fraction of sp³-hybridized carbons (Fsp3) is 0.154. The molecule has 0 aliphatic carbocycles. The maximum Gasteiger partial charge on any atom is 0.331 e. The van der Waals surface area contributed by atoms with E-state index in [9.17, 15) is 9.90 Å². The summed E-state index contributed by atoms with van der Waals surface area (Å²) in [5.74, 6) is -0.0503. The van der Waals surface area contributed by atoms with Crippen molar-refractivity contribution in [3.8, 4) is 11.5 Å². The van der Waals surface area contributed by atoms with Gasteiger partial charge in [-0.05, 0) is 23.8 Å². The quantitative estimate of drug-likeness (QED) is 0.482. The first-order valence-corrected chi connectivity index (χ1v) is 5.00. The van der Waals surface area contributed by atoms with Crippen LogP contribution in [0.5, 0.6) is 11.5 Å². The summed E-state index contributed by atoms with van der Waals surface area (Å²) < 4.78 is 9.66. The van der Waals surface area contributed by atoms with Crippen LogP contribution in [-0.4, -0.2) is 24.8 Å². The van der Waals surface area contributed by atoms with Crippen LogP contribution in [0.4, 0.5) is 0 Å². The van der Waals surface area contributed by atoms with Crippen molar-refractivity contribution in [2.75, 3.05) is 13.7 Å². The van der Waals surface area contributed by atoms with Gasteiger partial charge in [0.05, 0.1) is 7.11 Å². The number of esters is 1. The van der Waals surface area contributed by atoms with E-state index in [1.807, 2.05) is 0 Å². The zero-order chi connectivity index (χ0) is 12.7. The molecule has 0 saturated heterocycles. The van der Waals surface area contributed by atoms with Gasteiger partial charge in [-0.2, -0.15) is 0 Å². The van der Waals surface area contributed by atoms with Gasteiger partial charge in [-0.15, -0.1) is 0 Å². The van der Waals surface area contributed by atoms with Crippen molar-refractivity contribution < 1.29 is 19.4 Å². The predicted octanol–water partition coefficient (Wildman–Crippen LogP) is 2.14. The fourth-order valence-electron chi connectivity index (χ4n) is 1.16. The average molecular weight is 234 g/mol. The van der Waals surface area contributed by atoms with Gasteiger partial charge in [0.1, 0.15) is 6.61 Å². The second-order valence-electron chi connectivity index (χ2n) is 3.18. The number of ether oxygens (including phenoxy) is 2. The first-order chi connectivity index (χ1) is 8.17. The Bertz CT molecular complexity index is 435. The summed E-state index contributed by atoms with van der Waals surface area (Å²) in [6, 6.07) is 4.83. The number of hydrogen-bond donors (Lipinski definition) is 1. The van der Waals surface area contributed by atoms with E-state index in [0.29, 0.717) is 11.3 Å². The maximum atomic E-state index is 11.1. The van der Waals surface area contributed by atoms with E-state index in [1.54, 1.807) is 18.2 Å². The van der Waals surface area contributed by atoms with Crippen LogP contribution in [0.2, 0.25) is 0 Å². The number of carbonyl (C=O) groups is 1. The van der Waals surface area contributed by atoms with Gasteiger partial charge < -0.3 is 14.6 Å². The van der Waals surface area contributed by atoms with Crippen molar-refractivity contribution in [2.45, 2.75) is 0 Å². The SMILES string of the molecule is C=CCOC(=O)/C=C/c1ccc(OC)c(O)c1. The Hall–Kier alpha value is -2.23. The van der Waals surface area contributed by atoms with Crippen LogP contribution in [-0.2, 0) is 9.53 Å². The van der Waals surface area contributed by atoms with Crippen molar-refractivity contribution in [3.63, 3.8) is 0 Å². The number of methoxy groups -OCH3 is 1. The van der Waals surface area contributed by atoms with Crippen molar-refractivity contribution >= 4 is 12.0 Å². The molecule has 1 aromatic rings. The summed E-state index contributed by atoms with van der Waals surface area (Å²) in [4.78, 5) is 11.1. The molecule has 1 rings (SSSR count). The molecular formula is C13H14O4. The van der Waals surface area contributed by atoms with Crippen LogP contribution in [0.25, 0.3) is 6.08 Å².